The predicted octanol–water partition coefficient (Wildman–Crippen LogP) is 5.08. The monoisotopic (exact) mass is 583 g/mol. The van der Waals surface area contributed by atoms with Crippen LogP contribution in [0.5, 0.6) is 0 Å². The quantitative estimate of drug-likeness (QED) is 0.359. The van der Waals surface area contributed by atoms with E-state index < -0.39 is 15.3 Å². The molecule has 0 unspecified atom stereocenters. The lowest BCUT2D eigenvalue weighted by Gasteiger charge is -2.37. The number of aryl methyl sites for hydroxylation is 1. The first-order valence-corrected chi connectivity index (χ1v) is 13.7. The van der Waals surface area contributed by atoms with Gasteiger partial charge in [0.2, 0.25) is 0 Å². The van der Waals surface area contributed by atoms with E-state index in [4.69, 9.17) is 23.2 Å². The molecule has 34 heavy (non-hydrogen) atoms. The number of nitrogens with zero attached hydrogens (tertiary/aromatic N) is 3. The molecule has 0 amide bonds. The number of sulfone groups is 1. The Morgan fingerprint density at radius 2 is 1.88 bits per heavy atom. The summed E-state index contributed by atoms with van der Waals surface area (Å²) in [5.41, 5.74) is 1.19. The smallest absolute Gasteiger partial charge is 0.185 e. The molecule has 1 aliphatic heterocycles. The second-order valence-electron chi connectivity index (χ2n) is 8.86. The molecule has 2 aromatic heterocycles. The van der Waals surface area contributed by atoms with Gasteiger partial charge in [0.05, 0.1) is 16.5 Å². The van der Waals surface area contributed by atoms with Crippen LogP contribution in [0.4, 0.5) is 0 Å². The van der Waals surface area contributed by atoms with Crippen molar-refractivity contribution in [3.63, 3.8) is 0 Å². The van der Waals surface area contributed by atoms with E-state index in [9.17, 15) is 18.0 Å². The molecule has 178 valence electrons. The maximum atomic E-state index is 13.4. The van der Waals surface area contributed by atoms with E-state index in [-0.39, 0.29) is 41.6 Å². The molecule has 0 saturated carbocycles. The molecule has 1 aliphatic rings. The molecule has 0 radical (unpaired) electrons. The van der Waals surface area contributed by atoms with Crippen molar-refractivity contribution in [2.24, 2.45) is 5.41 Å². The zero-order valence-electron chi connectivity index (χ0n) is 18.3. The Morgan fingerprint density at radius 1 is 1.18 bits per heavy atom. The average Bonchev–Trinajstić information content (AvgIpc) is 3.09. The lowest BCUT2D eigenvalue weighted by Crippen LogP contribution is -2.47. The first kappa shape index (κ1) is 25.0. The van der Waals surface area contributed by atoms with Crippen molar-refractivity contribution in [2.75, 3.05) is 11.5 Å². The summed E-state index contributed by atoms with van der Waals surface area (Å²) in [5.74, 6) is -0.290. The number of Topliss-reactive ketones (excluding diaryl/α,β-unsaturated/α-hetero) is 2. The minimum Gasteiger partial charge on any atom is -0.294 e. The van der Waals surface area contributed by atoms with Gasteiger partial charge in [-0.3, -0.25) is 9.59 Å². The highest BCUT2D eigenvalue weighted by Gasteiger charge is 2.46. The van der Waals surface area contributed by atoms with Gasteiger partial charge in [0.15, 0.2) is 27.2 Å². The van der Waals surface area contributed by atoms with Gasteiger partial charge < -0.3 is 0 Å². The van der Waals surface area contributed by atoms with Gasteiger partial charge in [-0.2, -0.15) is 5.10 Å². The third kappa shape index (κ3) is 5.12. The molecular weight excluding hydrogens is 565 g/mol. The normalized spacial score (nSPS) is 16.1. The molecule has 0 aliphatic carbocycles. The Morgan fingerprint density at radius 3 is 2.53 bits per heavy atom. The van der Waals surface area contributed by atoms with E-state index in [1.165, 1.54) is 4.68 Å². The van der Waals surface area contributed by atoms with Gasteiger partial charge in [-0.25, -0.2) is 18.1 Å². The van der Waals surface area contributed by atoms with E-state index in [0.717, 1.165) is 0 Å². The number of halogens is 3. The molecular formula is C23H20BrCl2N3O4S. The summed E-state index contributed by atoms with van der Waals surface area (Å²) >= 11 is 15.8. The first-order chi connectivity index (χ1) is 15.9. The van der Waals surface area contributed by atoms with Crippen molar-refractivity contribution in [1.82, 2.24) is 14.8 Å². The maximum absolute atomic E-state index is 13.4. The van der Waals surface area contributed by atoms with Crippen LogP contribution in [-0.4, -0.2) is 46.3 Å². The van der Waals surface area contributed by atoms with E-state index >= 15 is 0 Å². The third-order valence-corrected chi connectivity index (χ3v) is 8.88. The summed E-state index contributed by atoms with van der Waals surface area (Å²) < 4.78 is 25.1. The zero-order chi connectivity index (χ0) is 24.8. The van der Waals surface area contributed by atoms with Crippen LogP contribution in [0.2, 0.25) is 10.0 Å². The highest BCUT2D eigenvalue weighted by Crippen LogP contribution is 2.37. The van der Waals surface area contributed by atoms with Gasteiger partial charge in [-0.1, -0.05) is 30.1 Å². The van der Waals surface area contributed by atoms with Gasteiger partial charge in [0.1, 0.15) is 10.3 Å². The van der Waals surface area contributed by atoms with Crippen LogP contribution in [-0.2, 0) is 16.3 Å². The van der Waals surface area contributed by atoms with Crippen LogP contribution < -0.4 is 0 Å². The first-order valence-electron chi connectivity index (χ1n) is 10.3. The summed E-state index contributed by atoms with van der Waals surface area (Å²) in [6, 6.07) is 8.13. The van der Waals surface area contributed by atoms with Crippen LogP contribution in [0, 0.1) is 12.3 Å². The fourth-order valence-corrected chi connectivity index (χ4v) is 7.45. The largest absolute Gasteiger partial charge is 0.294 e. The molecule has 11 heteroatoms. The van der Waals surface area contributed by atoms with Crippen molar-refractivity contribution in [2.45, 2.75) is 26.7 Å². The zero-order valence-corrected chi connectivity index (χ0v) is 22.2. The Bertz CT molecular complexity index is 1420. The van der Waals surface area contributed by atoms with Crippen LogP contribution in [0.15, 0.2) is 41.1 Å². The molecule has 3 aromatic rings. The average molecular weight is 585 g/mol. The summed E-state index contributed by atoms with van der Waals surface area (Å²) in [5, 5.41) is 5.00. The Labute approximate surface area is 215 Å². The van der Waals surface area contributed by atoms with E-state index in [1.807, 2.05) is 0 Å². The SMILES string of the molecule is Cc1cc(Cl)cc(C(=O)CC2(C)CS(=O)(=O)C2)c1CC(=O)c1cc(Br)nn1-c1ncccc1Cl. The van der Waals surface area contributed by atoms with E-state index in [0.29, 0.717) is 37.2 Å². The number of hydrogen-bond acceptors (Lipinski definition) is 6. The number of rotatable bonds is 7. The predicted molar refractivity (Wildman–Crippen MR) is 134 cm³/mol. The van der Waals surface area contributed by atoms with Crippen LogP contribution in [0.3, 0.4) is 0 Å². The number of aromatic nitrogens is 3. The number of benzene rings is 1. The molecule has 1 fully saturated rings. The molecule has 3 heterocycles. The molecule has 0 N–H and O–H groups in total. The lowest BCUT2D eigenvalue weighted by atomic mass is 9.84. The molecule has 1 saturated heterocycles. The van der Waals surface area contributed by atoms with Crippen LogP contribution >= 0.6 is 39.1 Å². The summed E-state index contributed by atoms with van der Waals surface area (Å²) in [6.07, 6.45) is 1.52. The molecule has 7 nitrogen and oxygen atoms in total. The fourth-order valence-electron chi connectivity index (χ4n) is 4.36. The standard InChI is InChI=1S/C23H20BrCl2N3O4S/c1-13-6-14(25)7-16(20(31)10-23(2)11-34(32,33)12-23)15(13)8-19(30)18-9-21(24)28-29(18)22-17(26)4-3-5-27-22/h3-7,9H,8,10-12H2,1-2H3. The minimum atomic E-state index is -3.09. The molecule has 4 rings (SSSR count). The number of carbonyl (C=O) groups excluding carboxylic acids is 2. The Balaban J connectivity index is 1.67. The van der Waals surface area contributed by atoms with Crippen molar-refractivity contribution < 1.29 is 18.0 Å². The molecule has 0 spiro atoms. The maximum Gasteiger partial charge on any atom is 0.185 e. The van der Waals surface area contributed by atoms with Gasteiger partial charge in [0, 0.05) is 41.1 Å². The van der Waals surface area contributed by atoms with Gasteiger partial charge in [-0.15, -0.1) is 0 Å². The number of ketones is 2. The highest BCUT2D eigenvalue weighted by molar-refractivity contribution is 9.10. The van der Waals surface area contributed by atoms with Crippen molar-refractivity contribution in [1.29, 1.82) is 0 Å². The Hall–Kier alpha value is -2.07. The highest BCUT2D eigenvalue weighted by atomic mass is 79.9. The fraction of sp³-hybridized carbons (Fsp3) is 0.304. The number of pyridine rings is 1. The second kappa shape index (κ2) is 9.18. The molecule has 0 bridgehead atoms. The van der Waals surface area contributed by atoms with Gasteiger partial charge in [-0.05, 0) is 58.2 Å². The molecule has 1 aromatic carbocycles. The third-order valence-electron chi connectivity index (χ3n) is 5.70. The molecule has 0 atom stereocenters. The van der Waals surface area contributed by atoms with E-state index in [1.54, 1.807) is 50.4 Å². The van der Waals surface area contributed by atoms with E-state index in [2.05, 4.69) is 26.0 Å². The number of hydrogen-bond donors (Lipinski definition) is 0. The van der Waals surface area contributed by atoms with Crippen LogP contribution in [0.1, 0.15) is 45.3 Å². The second-order valence-corrected chi connectivity index (χ2v) is 12.6. The summed E-state index contributed by atoms with van der Waals surface area (Å²) in [7, 11) is -3.09. The van der Waals surface area contributed by atoms with Gasteiger partial charge in [0.25, 0.3) is 0 Å². The van der Waals surface area contributed by atoms with Crippen molar-refractivity contribution in [3.05, 3.63) is 73.6 Å². The number of carbonyl (C=O) groups is 2. The van der Waals surface area contributed by atoms with Gasteiger partial charge >= 0.3 is 0 Å². The summed E-state index contributed by atoms with van der Waals surface area (Å²) in [6.45, 7) is 3.56. The summed E-state index contributed by atoms with van der Waals surface area (Å²) in [4.78, 5) is 30.9. The van der Waals surface area contributed by atoms with Crippen molar-refractivity contribution >= 4 is 60.5 Å². The van der Waals surface area contributed by atoms with Crippen molar-refractivity contribution in [3.8, 4) is 5.82 Å². The minimum absolute atomic E-state index is 0.0302. The Kier molecular flexibility index (Phi) is 6.76. The lowest BCUT2D eigenvalue weighted by molar-refractivity contribution is 0.0935. The topological polar surface area (TPSA) is 99.0 Å². The van der Waals surface area contributed by atoms with Crippen LogP contribution in [0.25, 0.3) is 5.82 Å².